The van der Waals surface area contributed by atoms with Crippen LogP contribution in [0, 0.1) is 11.8 Å². The summed E-state index contributed by atoms with van der Waals surface area (Å²) in [6.45, 7) is -2.04. The van der Waals surface area contributed by atoms with E-state index < -0.39 is 61.7 Å². The Labute approximate surface area is 174 Å². The van der Waals surface area contributed by atoms with Crippen LogP contribution >= 0.6 is 23.5 Å². The van der Waals surface area contributed by atoms with Crippen LogP contribution in [-0.4, -0.2) is 91.5 Å². The van der Waals surface area contributed by atoms with Gasteiger partial charge in [0.1, 0.15) is 0 Å². The molecule has 0 aromatic heterocycles. The summed E-state index contributed by atoms with van der Waals surface area (Å²) in [5.74, 6) is -1.10. The Morgan fingerprint density at radius 3 is 1.50 bits per heavy atom. The summed E-state index contributed by atoms with van der Waals surface area (Å²) in [6, 6.07) is 0. The minimum atomic E-state index is -4.71. The summed E-state index contributed by atoms with van der Waals surface area (Å²) >= 11 is 0. The zero-order valence-corrected chi connectivity index (χ0v) is 19.3. The topological polar surface area (TPSA) is 223 Å². The van der Waals surface area contributed by atoms with Gasteiger partial charge in [-0.1, -0.05) is 0 Å². The first-order chi connectivity index (χ1) is 13.8. The molecule has 0 radical (unpaired) electrons. The molecule has 0 rings (SSSR count). The van der Waals surface area contributed by atoms with E-state index >= 15 is 0 Å². The van der Waals surface area contributed by atoms with Crippen molar-refractivity contribution in [1.82, 2.24) is 10.6 Å². The van der Waals surface area contributed by atoms with Gasteiger partial charge >= 0.3 is 23.5 Å². The van der Waals surface area contributed by atoms with Crippen molar-refractivity contribution in [2.45, 2.75) is 0 Å². The van der Waals surface area contributed by atoms with Gasteiger partial charge in [-0.05, 0) is 14.1 Å². The van der Waals surface area contributed by atoms with Gasteiger partial charge < -0.3 is 35.3 Å². The summed E-state index contributed by atoms with van der Waals surface area (Å²) in [6.07, 6.45) is 0. The normalized spacial score (nSPS) is 18.5. The highest BCUT2D eigenvalue weighted by molar-refractivity contribution is 7.47. The smallest absolute Gasteiger partial charge is 0.396 e. The van der Waals surface area contributed by atoms with E-state index in [2.05, 4.69) is 24.2 Å². The average Bonchev–Trinajstić information content (AvgIpc) is 2.64. The molecule has 0 saturated carbocycles. The number of phosphoric ester groups is 3. The fourth-order valence-corrected chi connectivity index (χ4v) is 3.86. The lowest BCUT2D eigenvalue weighted by Gasteiger charge is -2.19. The second-order valence-electron chi connectivity index (χ2n) is 6.01. The molecule has 18 heteroatoms. The molecule has 0 amide bonds. The van der Waals surface area contributed by atoms with Crippen LogP contribution in [0.3, 0.4) is 0 Å². The van der Waals surface area contributed by atoms with Crippen LogP contribution < -0.4 is 10.6 Å². The Balaban J connectivity index is 4.29. The van der Waals surface area contributed by atoms with Crippen LogP contribution in [0.2, 0.25) is 0 Å². The fourth-order valence-electron chi connectivity index (χ4n) is 1.90. The molecule has 0 heterocycles. The zero-order valence-electron chi connectivity index (χ0n) is 16.7. The quantitative estimate of drug-likeness (QED) is 0.0830. The van der Waals surface area contributed by atoms with Crippen LogP contribution in [-0.2, 0) is 36.3 Å². The highest BCUT2D eigenvalue weighted by Gasteiger charge is 2.27. The molecule has 15 nitrogen and oxygen atoms in total. The Kier molecular flexibility index (Phi) is 15.2. The molecule has 0 fully saturated rings. The molecule has 0 aromatic carbocycles. The van der Waals surface area contributed by atoms with Crippen LogP contribution in [0.5, 0.6) is 0 Å². The predicted octanol–water partition coefficient (Wildman–Crippen LogP) is -0.974. The Morgan fingerprint density at radius 1 is 0.700 bits per heavy atom. The monoisotopic (exact) mass is 504 g/mol. The van der Waals surface area contributed by atoms with E-state index in [1.807, 2.05) is 0 Å². The zero-order chi connectivity index (χ0) is 23.3. The van der Waals surface area contributed by atoms with Crippen LogP contribution in [0.4, 0.5) is 0 Å². The van der Waals surface area contributed by atoms with Gasteiger partial charge in [0.25, 0.3) is 0 Å². The standard InChI is InChI=1S/C12H31N2O13P3/c1-13-5-11(7-15)8-26-29(19,20)23-3-4-24-30(21,22)27-10-12(6-14-2)9-25-28(16,17)18/h11-15H,3-10H2,1-2H3,(H,19,20)(H,21,22)(H2,16,17,18). The first kappa shape index (κ1) is 30.2. The minimum Gasteiger partial charge on any atom is -0.396 e. The summed E-state index contributed by atoms with van der Waals surface area (Å²) < 4.78 is 57.2. The molecule has 30 heavy (non-hydrogen) atoms. The van der Waals surface area contributed by atoms with Gasteiger partial charge in [-0.3, -0.25) is 22.6 Å². The number of phosphoric acid groups is 3. The van der Waals surface area contributed by atoms with Crippen molar-refractivity contribution in [3.63, 3.8) is 0 Å². The highest BCUT2D eigenvalue weighted by Crippen LogP contribution is 2.46. The van der Waals surface area contributed by atoms with Crippen molar-refractivity contribution in [1.29, 1.82) is 0 Å². The van der Waals surface area contributed by atoms with Crippen molar-refractivity contribution in [3.8, 4) is 0 Å². The number of hydrogen-bond donors (Lipinski definition) is 7. The van der Waals surface area contributed by atoms with Crippen molar-refractivity contribution < 1.29 is 61.0 Å². The molecular formula is C12H31N2O13P3. The van der Waals surface area contributed by atoms with Crippen LogP contribution in [0.1, 0.15) is 0 Å². The van der Waals surface area contributed by atoms with E-state index in [0.29, 0.717) is 6.54 Å². The number of aliphatic hydroxyl groups excluding tert-OH is 1. The minimum absolute atomic E-state index is 0.163. The molecular weight excluding hydrogens is 473 g/mol. The Morgan fingerprint density at radius 2 is 1.10 bits per heavy atom. The molecule has 182 valence electrons. The lowest BCUT2D eigenvalue weighted by molar-refractivity contribution is 0.0778. The van der Waals surface area contributed by atoms with Gasteiger partial charge in [0.15, 0.2) is 0 Å². The number of nitrogens with one attached hydrogen (secondary N) is 2. The van der Waals surface area contributed by atoms with Gasteiger partial charge in [0.2, 0.25) is 0 Å². The number of hydrogen-bond acceptors (Lipinski definition) is 11. The number of aliphatic hydroxyl groups is 1. The van der Waals surface area contributed by atoms with Gasteiger partial charge in [-0.25, -0.2) is 13.7 Å². The third kappa shape index (κ3) is 16.8. The first-order valence-electron chi connectivity index (χ1n) is 8.68. The van der Waals surface area contributed by atoms with Crippen molar-refractivity contribution in [3.05, 3.63) is 0 Å². The summed E-state index contributed by atoms with van der Waals surface area (Å²) in [5.41, 5.74) is 0. The molecule has 0 bridgehead atoms. The highest BCUT2D eigenvalue weighted by atomic mass is 31.2. The molecule has 0 saturated heterocycles. The van der Waals surface area contributed by atoms with E-state index in [4.69, 9.17) is 23.9 Å². The van der Waals surface area contributed by atoms with E-state index in [-0.39, 0.29) is 19.8 Å². The van der Waals surface area contributed by atoms with Gasteiger partial charge in [-0.2, -0.15) is 0 Å². The molecule has 0 spiro atoms. The second-order valence-corrected chi connectivity index (χ2v) is 10.2. The van der Waals surface area contributed by atoms with Gasteiger partial charge in [0, 0.05) is 31.5 Å². The Bertz CT molecular complexity index is 604. The maximum absolute atomic E-state index is 11.8. The van der Waals surface area contributed by atoms with Gasteiger partial charge in [-0.15, -0.1) is 0 Å². The summed E-state index contributed by atoms with van der Waals surface area (Å²) in [5, 5.41) is 14.6. The Hall–Kier alpha value is 0.210. The molecule has 4 unspecified atom stereocenters. The fraction of sp³-hybridized carbons (Fsp3) is 1.00. The summed E-state index contributed by atoms with van der Waals surface area (Å²) in [4.78, 5) is 36.5. The molecule has 0 aliphatic rings. The number of rotatable bonds is 19. The largest absolute Gasteiger partial charge is 0.472 e. The van der Waals surface area contributed by atoms with E-state index in [0.717, 1.165) is 0 Å². The van der Waals surface area contributed by atoms with Crippen LogP contribution in [0.25, 0.3) is 0 Å². The molecule has 0 aliphatic carbocycles. The second kappa shape index (κ2) is 15.1. The van der Waals surface area contributed by atoms with E-state index in [1.54, 1.807) is 14.1 Å². The predicted molar refractivity (Wildman–Crippen MR) is 103 cm³/mol. The maximum Gasteiger partial charge on any atom is 0.472 e. The van der Waals surface area contributed by atoms with Crippen LogP contribution in [0.15, 0.2) is 0 Å². The molecule has 0 aliphatic heterocycles. The lowest BCUT2D eigenvalue weighted by Crippen LogP contribution is -2.26. The first-order valence-corrected chi connectivity index (χ1v) is 13.2. The van der Waals surface area contributed by atoms with E-state index in [1.165, 1.54) is 0 Å². The SMILES string of the molecule is CNCC(CO)COP(=O)(O)OCCOP(=O)(O)OCC(CNC)COP(=O)(O)O. The van der Waals surface area contributed by atoms with E-state index in [9.17, 15) is 23.5 Å². The lowest BCUT2D eigenvalue weighted by atomic mass is 10.2. The summed E-state index contributed by atoms with van der Waals surface area (Å²) in [7, 11) is -10.6. The maximum atomic E-state index is 11.8. The van der Waals surface area contributed by atoms with Crippen molar-refractivity contribution in [2.24, 2.45) is 11.8 Å². The van der Waals surface area contributed by atoms with Gasteiger partial charge in [0.05, 0.1) is 33.0 Å². The van der Waals surface area contributed by atoms with Crippen molar-refractivity contribution >= 4 is 23.5 Å². The molecule has 4 atom stereocenters. The molecule has 0 aromatic rings. The molecule has 7 N–H and O–H groups in total. The third-order valence-corrected chi connectivity index (χ3v) is 5.72. The third-order valence-electron chi connectivity index (χ3n) is 3.26. The average molecular weight is 504 g/mol. The van der Waals surface area contributed by atoms with Crippen molar-refractivity contribution in [2.75, 3.05) is 66.8 Å².